The average Bonchev–Trinajstić information content (AvgIpc) is 3.26. The van der Waals surface area contributed by atoms with Crippen molar-refractivity contribution in [3.8, 4) is 0 Å². The van der Waals surface area contributed by atoms with Gasteiger partial charge in [0.25, 0.3) is 0 Å². The van der Waals surface area contributed by atoms with Crippen molar-refractivity contribution in [2.45, 2.75) is 59.1 Å². The maximum absolute atomic E-state index is 12.4. The fraction of sp³-hybridized carbons (Fsp3) is 0.783. The maximum Gasteiger partial charge on any atom is 0.410 e. The highest BCUT2D eigenvalue weighted by Crippen LogP contribution is 2.22. The first-order valence-electron chi connectivity index (χ1n) is 12.0. The number of aromatic nitrogens is 1. The van der Waals surface area contributed by atoms with E-state index < -0.39 is 5.60 Å². The van der Waals surface area contributed by atoms with E-state index in [2.05, 4.69) is 27.2 Å². The summed E-state index contributed by atoms with van der Waals surface area (Å²) in [6.07, 6.45) is 4.59. The second-order valence-electron chi connectivity index (χ2n) is 9.71. The molecule has 0 bridgehead atoms. The van der Waals surface area contributed by atoms with Gasteiger partial charge in [0, 0.05) is 65.0 Å². The van der Waals surface area contributed by atoms with E-state index in [0.717, 1.165) is 89.8 Å². The average molecular weight is 577 g/mol. The van der Waals surface area contributed by atoms with Crippen LogP contribution in [-0.4, -0.2) is 89.9 Å². The lowest BCUT2D eigenvalue weighted by molar-refractivity contribution is 0.0163. The highest BCUT2D eigenvalue weighted by atomic mass is 127. The molecule has 3 heterocycles. The molecule has 1 unspecified atom stereocenters. The molecule has 2 fully saturated rings. The smallest absolute Gasteiger partial charge is 0.410 e. The predicted octanol–water partition coefficient (Wildman–Crippen LogP) is 3.41. The van der Waals surface area contributed by atoms with E-state index in [1.54, 1.807) is 6.26 Å². The normalized spacial score (nSPS) is 20.4. The molecule has 1 N–H and O–H groups in total. The zero-order chi connectivity index (χ0) is 23.0. The number of guanidine groups is 1. The fourth-order valence-electron chi connectivity index (χ4n) is 4.24. The van der Waals surface area contributed by atoms with E-state index in [-0.39, 0.29) is 30.1 Å². The SMILES string of the molecule is CCNC(=NCCC1CCCN(C(=O)OC(C)(C)C)C1)N1CCN(Cc2ccon2)CC1.I. The molecule has 33 heavy (non-hydrogen) atoms. The van der Waals surface area contributed by atoms with Crippen LogP contribution in [0.2, 0.25) is 0 Å². The topological polar surface area (TPSA) is 86.4 Å². The highest BCUT2D eigenvalue weighted by Gasteiger charge is 2.27. The summed E-state index contributed by atoms with van der Waals surface area (Å²) in [6.45, 7) is 15.7. The van der Waals surface area contributed by atoms with Crippen LogP contribution in [0.4, 0.5) is 4.79 Å². The van der Waals surface area contributed by atoms with Gasteiger partial charge in [-0.25, -0.2) is 4.79 Å². The van der Waals surface area contributed by atoms with Crippen molar-refractivity contribution < 1.29 is 14.1 Å². The summed E-state index contributed by atoms with van der Waals surface area (Å²) in [6, 6.07) is 1.92. The number of carbonyl (C=O) groups is 1. The Morgan fingerprint density at radius 3 is 2.64 bits per heavy atom. The van der Waals surface area contributed by atoms with Gasteiger partial charge in [-0.1, -0.05) is 5.16 Å². The molecule has 3 rings (SSSR count). The van der Waals surface area contributed by atoms with Crippen LogP contribution in [0.1, 0.15) is 52.7 Å². The van der Waals surface area contributed by atoms with Gasteiger partial charge in [-0.15, -0.1) is 24.0 Å². The number of likely N-dealkylation sites (tertiary alicyclic amines) is 1. The lowest BCUT2D eigenvalue weighted by Gasteiger charge is -2.36. The molecule has 1 amide bonds. The molecule has 9 nitrogen and oxygen atoms in total. The van der Waals surface area contributed by atoms with Crippen LogP contribution < -0.4 is 5.32 Å². The van der Waals surface area contributed by atoms with Gasteiger partial charge < -0.3 is 24.4 Å². The molecule has 1 atom stereocenters. The summed E-state index contributed by atoms with van der Waals surface area (Å²) in [7, 11) is 0. The van der Waals surface area contributed by atoms with E-state index in [9.17, 15) is 4.79 Å². The summed E-state index contributed by atoms with van der Waals surface area (Å²) in [5.74, 6) is 1.47. The third kappa shape index (κ3) is 9.30. The first-order valence-corrected chi connectivity index (χ1v) is 12.0. The second-order valence-corrected chi connectivity index (χ2v) is 9.71. The molecular weight excluding hydrogens is 535 g/mol. The minimum atomic E-state index is -0.450. The summed E-state index contributed by atoms with van der Waals surface area (Å²) >= 11 is 0. The Balaban J connectivity index is 0.00000385. The molecule has 188 valence electrons. The Kier molecular flexibility index (Phi) is 11.2. The van der Waals surface area contributed by atoms with Crippen LogP contribution in [0, 0.1) is 5.92 Å². The molecular formula is C23H41IN6O3. The molecule has 0 saturated carbocycles. The fourth-order valence-corrected chi connectivity index (χ4v) is 4.24. The number of hydrogen-bond acceptors (Lipinski definition) is 6. The standard InChI is InChI=1S/C23H40N6O3.HI/c1-5-24-21(28-14-12-27(13-15-28)18-20-9-16-31-26-20)25-10-8-19-7-6-11-29(17-19)22(30)32-23(2,3)4;/h9,16,19H,5-8,10-15,17-18H2,1-4H3,(H,24,25);1H. The Hall–Kier alpha value is -1.56. The quantitative estimate of drug-likeness (QED) is 0.316. The van der Waals surface area contributed by atoms with Crippen molar-refractivity contribution in [2.75, 3.05) is 52.4 Å². The number of ether oxygens (including phenoxy) is 1. The number of halogens is 1. The van der Waals surface area contributed by atoms with Gasteiger partial charge >= 0.3 is 6.09 Å². The Labute approximate surface area is 215 Å². The third-order valence-corrected chi connectivity index (χ3v) is 5.85. The van der Waals surface area contributed by atoms with Gasteiger partial charge in [-0.2, -0.15) is 0 Å². The van der Waals surface area contributed by atoms with Crippen molar-refractivity contribution in [1.29, 1.82) is 0 Å². The number of nitrogens with one attached hydrogen (secondary N) is 1. The van der Waals surface area contributed by atoms with Gasteiger partial charge in [-0.3, -0.25) is 9.89 Å². The maximum atomic E-state index is 12.4. The largest absolute Gasteiger partial charge is 0.444 e. The van der Waals surface area contributed by atoms with E-state index in [4.69, 9.17) is 14.3 Å². The molecule has 0 spiro atoms. The number of piperidine rings is 1. The second kappa shape index (κ2) is 13.4. The summed E-state index contributed by atoms with van der Waals surface area (Å²) in [5, 5.41) is 7.46. The number of rotatable bonds is 6. The zero-order valence-corrected chi connectivity index (χ0v) is 22.9. The zero-order valence-electron chi connectivity index (χ0n) is 20.6. The van der Waals surface area contributed by atoms with Crippen LogP contribution in [0.15, 0.2) is 21.8 Å². The van der Waals surface area contributed by atoms with E-state index in [0.29, 0.717) is 5.92 Å². The van der Waals surface area contributed by atoms with Crippen LogP contribution in [-0.2, 0) is 11.3 Å². The molecule has 0 aromatic carbocycles. The predicted molar refractivity (Wildman–Crippen MR) is 140 cm³/mol. The molecule has 1 aromatic heterocycles. The minimum Gasteiger partial charge on any atom is -0.444 e. The molecule has 2 aliphatic heterocycles. The molecule has 2 aliphatic rings. The van der Waals surface area contributed by atoms with Crippen molar-refractivity contribution >= 4 is 36.0 Å². The summed E-state index contributed by atoms with van der Waals surface area (Å²) < 4.78 is 10.5. The molecule has 10 heteroatoms. The van der Waals surface area contributed by atoms with Gasteiger partial charge in [0.2, 0.25) is 0 Å². The minimum absolute atomic E-state index is 0. The first kappa shape index (κ1) is 27.7. The van der Waals surface area contributed by atoms with Gasteiger partial charge in [-0.05, 0) is 52.9 Å². The molecule has 2 saturated heterocycles. The molecule has 1 aromatic rings. The summed E-state index contributed by atoms with van der Waals surface area (Å²) in [5.41, 5.74) is 0.528. The van der Waals surface area contributed by atoms with Gasteiger partial charge in [0.05, 0.1) is 5.69 Å². The Morgan fingerprint density at radius 2 is 2.00 bits per heavy atom. The van der Waals surface area contributed by atoms with Gasteiger partial charge in [0.15, 0.2) is 5.96 Å². The number of amides is 1. The number of nitrogens with zero attached hydrogens (tertiary/aromatic N) is 5. The number of aliphatic imine (C=N–C) groups is 1. The van der Waals surface area contributed by atoms with Crippen LogP contribution >= 0.6 is 24.0 Å². The van der Waals surface area contributed by atoms with Crippen LogP contribution in [0.25, 0.3) is 0 Å². The first-order chi connectivity index (χ1) is 15.3. The third-order valence-electron chi connectivity index (χ3n) is 5.85. The van der Waals surface area contributed by atoms with E-state index in [1.165, 1.54) is 0 Å². The van der Waals surface area contributed by atoms with Gasteiger partial charge in [0.1, 0.15) is 11.9 Å². The van der Waals surface area contributed by atoms with E-state index in [1.807, 2.05) is 31.7 Å². The summed E-state index contributed by atoms with van der Waals surface area (Å²) in [4.78, 5) is 23.9. The van der Waals surface area contributed by atoms with Crippen LogP contribution in [0.3, 0.4) is 0 Å². The lowest BCUT2D eigenvalue weighted by atomic mass is 9.95. The number of hydrogen-bond donors (Lipinski definition) is 1. The van der Waals surface area contributed by atoms with Crippen LogP contribution in [0.5, 0.6) is 0 Å². The molecule has 0 aliphatic carbocycles. The Bertz CT molecular complexity index is 729. The van der Waals surface area contributed by atoms with Crippen molar-refractivity contribution in [3.63, 3.8) is 0 Å². The van der Waals surface area contributed by atoms with Crippen molar-refractivity contribution in [1.82, 2.24) is 25.2 Å². The Morgan fingerprint density at radius 1 is 1.24 bits per heavy atom. The highest BCUT2D eigenvalue weighted by molar-refractivity contribution is 14.0. The van der Waals surface area contributed by atoms with Crippen molar-refractivity contribution in [3.05, 3.63) is 18.0 Å². The van der Waals surface area contributed by atoms with Crippen molar-refractivity contribution in [2.24, 2.45) is 10.9 Å². The number of piperazine rings is 1. The number of carbonyl (C=O) groups excluding carboxylic acids is 1. The lowest BCUT2D eigenvalue weighted by Crippen LogP contribution is -2.52. The van der Waals surface area contributed by atoms with E-state index >= 15 is 0 Å². The molecule has 0 radical (unpaired) electrons. The monoisotopic (exact) mass is 576 g/mol.